The maximum Gasteiger partial charge on any atom is 0.410 e. The predicted molar refractivity (Wildman–Crippen MR) is 140 cm³/mol. The summed E-state index contributed by atoms with van der Waals surface area (Å²) in [6.45, 7) is 12.4. The number of likely N-dealkylation sites (tertiary alicyclic amines) is 1. The van der Waals surface area contributed by atoms with Crippen LogP contribution in [0.3, 0.4) is 0 Å². The van der Waals surface area contributed by atoms with E-state index in [0.29, 0.717) is 18.7 Å². The molecule has 1 aromatic carbocycles. The van der Waals surface area contributed by atoms with Crippen molar-refractivity contribution in [2.45, 2.75) is 73.8 Å². The molecule has 1 heterocycles. The van der Waals surface area contributed by atoms with Gasteiger partial charge in [0.2, 0.25) is 0 Å². The van der Waals surface area contributed by atoms with Gasteiger partial charge < -0.3 is 19.1 Å². The van der Waals surface area contributed by atoms with Gasteiger partial charge in [-0.05, 0) is 25.8 Å². The Morgan fingerprint density at radius 2 is 1.71 bits per heavy atom. The summed E-state index contributed by atoms with van der Waals surface area (Å²) in [4.78, 5) is 37.5. The van der Waals surface area contributed by atoms with E-state index < -0.39 is 16.4 Å². The molecule has 1 saturated heterocycles. The van der Waals surface area contributed by atoms with Gasteiger partial charge in [0.15, 0.2) is 16.6 Å². The zero-order valence-electron chi connectivity index (χ0n) is 22.5. The minimum atomic E-state index is -0.606. The number of carbonyl (C=O) groups is 2. The van der Waals surface area contributed by atoms with E-state index in [0.717, 1.165) is 25.0 Å². The lowest BCUT2D eigenvalue weighted by Crippen LogP contribution is -2.34. The Kier molecular flexibility index (Phi) is 15.8. The molecule has 0 bridgehead atoms. The van der Waals surface area contributed by atoms with Gasteiger partial charge in [-0.15, -0.1) is 0 Å². The fourth-order valence-corrected chi connectivity index (χ4v) is 4.45. The quantitative estimate of drug-likeness (QED) is 0.199. The first-order valence-electron chi connectivity index (χ1n) is 12.2. The molecule has 1 unspecified atom stereocenters. The fourth-order valence-electron chi connectivity index (χ4n) is 3.40. The molecule has 0 aromatic heterocycles. The van der Waals surface area contributed by atoms with E-state index in [9.17, 15) is 19.7 Å². The molecule has 1 aromatic rings. The number of nitro groups is 1. The van der Waals surface area contributed by atoms with Gasteiger partial charge in [0, 0.05) is 18.8 Å². The summed E-state index contributed by atoms with van der Waals surface area (Å²) in [7, 11) is 2.80. The number of ether oxygens (including phenoxy) is 3. The van der Waals surface area contributed by atoms with Crippen molar-refractivity contribution < 1.29 is 28.7 Å². The third-order valence-corrected chi connectivity index (χ3v) is 6.59. The molecular formula is C25H42N2O7S. The molecule has 1 aliphatic rings. The van der Waals surface area contributed by atoms with Crippen molar-refractivity contribution in [3.05, 3.63) is 27.8 Å². The van der Waals surface area contributed by atoms with Gasteiger partial charge >= 0.3 is 6.09 Å². The molecule has 1 fully saturated rings. The molecule has 0 N–H and O–H groups in total. The summed E-state index contributed by atoms with van der Waals surface area (Å²) in [5.74, 6) is 1.31. The Bertz CT molecular complexity index is 819. The number of hydrogen-bond donors (Lipinski definition) is 0. The largest absolute Gasteiger partial charge is 0.493 e. The highest BCUT2D eigenvalue weighted by Crippen LogP contribution is 2.37. The van der Waals surface area contributed by atoms with Crippen LogP contribution in [-0.2, 0) is 16.1 Å². The Balaban J connectivity index is 0.00000274. The van der Waals surface area contributed by atoms with Crippen LogP contribution in [0.25, 0.3) is 0 Å². The summed E-state index contributed by atoms with van der Waals surface area (Å²) in [5, 5.41) is 11.5. The van der Waals surface area contributed by atoms with Crippen molar-refractivity contribution in [1.29, 1.82) is 0 Å². The van der Waals surface area contributed by atoms with Crippen molar-refractivity contribution in [2.75, 3.05) is 33.1 Å². The highest BCUT2D eigenvalue weighted by molar-refractivity contribution is 8.13. The summed E-state index contributed by atoms with van der Waals surface area (Å²) in [5.41, 5.74) is -0.638. The van der Waals surface area contributed by atoms with Crippen LogP contribution in [-0.4, -0.2) is 54.1 Å². The summed E-state index contributed by atoms with van der Waals surface area (Å²) < 4.78 is 15.6. The molecule has 35 heavy (non-hydrogen) atoms. The van der Waals surface area contributed by atoms with Crippen LogP contribution in [0.2, 0.25) is 0 Å². The lowest BCUT2D eigenvalue weighted by molar-refractivity contribution is -0.385. The van der Waals surface area contributed by atoms with Gasteiger partial charge in [0.05, 0.1) is 36.2 Å². The van der Waals surface area contributed by atoms with Gasteiger partial charge in [-0.25, -0.2) is 4.79 Å². The van der Waals surface area contributed by atoms with Crippen LogP contribution in [0.4, 0.5) is 10.5 Å². The smallest absolute Gasteiger partial charge is 0.410 e. The average Bonchev–Trinajstić information content (AvgIpc) is 3.30. The van der Waals surface area contributed by atoms with Crippen LogP contribution in [0, 0.1) is 15.5 Å². The van der Waals surface area contributed by atoms with Gasteiger partial charge in [-0.2, -0.15) is 0 Å². The summed E-state index contributed by atoms with van der Waals surface area (Å²) >= 11 is 1.33. The molecule has 200 valence electrons. The minimum Gasteiger partial charge on any atom is -0.493 e. The number of hydrogen-bond acceptors (Lipinski definition) is 8. The normalized spacial score (nSPS) is 16.3. The number of methoxy groups -OCH3 is 2. The van der Waals surface area contributed by atoms with Crippen molar-refractivity contribution >= 4 is 28.7 Å². The highest BCUT2D eigenvalue weighted by Gasteiger charge is 2.42. The maximum absolute atomic E-state index is 12.6. The van der Waals surface area contributed by atoms with E-state index in [1.807, 2.05) is 34.6 Å². The molecule has 0 aliphatic carbocycles. The number of nitrogens with zero attached hydrogens (tertiary/aromatic N) is 2. The second kappa shape index (κ2) is 17.0. The number of amides is 1. The number of benzene rings is 1. The second-order valence-corrected chi connectivity index (χ2v) is 8.79. The standard InChI is InChI=1S/C21H30N2O7S.2C2H6/c1-5-6-7-10-31-19(24)21(2)8-9-22(14-21)20(25)30-13-15-11-17(28-3)18(29-4)12-16(15)23(26)27;2*1-2/h11-12H,5-10,13-14H2,1-4H3;2*1-2H3. The van der Waals surface area contributed by atoms with Crippen LogP contribution < -0.4 is 9.47 Å². The third kappa shape index (κ3) is 9.58. The Morgan fingerprint density at radius 3 is 2.26 bits per heavy atom. The molecule has 1 amide bonds. The molecule has 0 spiro atoms. The molecule has 10 heteroatoms. The molecular weight excluding hydrogens is 472 g/mol. The van der Waals surface area contributed by atoms with E-state index in [2.05, 4.69) is 6.92 Å². The van der Waals surface area contributed by atoms with E-state index in [-0.39, 0.29) is 35.3 Å². The van der Waals surface area contributed by atoms with Gasteiger partial charge in [0.1, 0.15) is 6.61 Å². The van der Waals surface area contributed by atoms with Crippen LogP contribution >= 0.6 is 11.8 Å². The van der Waals surface area contributed by atoms with Gasteiger partial charge in [-0.1, -0.05) is 59.2 Å². The van der Waals surface area contributed by atoms with Gasteiger partial charge in [-0.3, -0.25) is 14.9 Å². The lowest BCUT2D eigenvalue weighted by atomic mass is 9.92. The van der Waals surface area contributed by atoms with E-state index in [1.54, 1.807) is 0 Å². The van der Waals surface area contributed by atoms with E-state index >= 15 is 0 Å². The zero-order chi connectivity index (χ0) is 27.0. The van der Waals surface area contributed by atoms with Gasteiger partial charge in [0.25, 0.3) is 5.69 Å². The SMILES string of the molecule is CC.CC.CCCCCSC(=O)C1(C)CCN(C(=O)OCc2cc(OC)c(OC)cc2[N+](=O)[O-])C1. The minimum absolute atomic E-state index is 0.0921. The van der Waals surface area contributed by atoms with E-state index in [1.165, 1.54) is 43.0 Å². The van der Waals surface area contributed by atoms with E-state index in [4.69, 9.17) is 14.2 Å². The number of rotatable bonds is 10. The number of unbranched alkanes of at least 4 members (excludes halogenated alkanes) is 2. The fraction of sp³-hybridized carbons (Fsp3) is 0.680. The first-order chi connectivity index (χ1) is 16.8. The van der Waals surface area contributed by atoms with Crippen molar-refractivity contribution in [2.24, 2.45) is 5.41 Å². The molecule has 1 aliphatic heterocycles. The first-order valence-corrected chi connectivity index (χ1v) is 13.2. The second-order valence-electron chi connectivity index (χ2n) is 7.72. The molecule has 1 atom stereocenters. The predicted octanol–water partition coefficient (Wildman–Crippen LogP) is 6.46. The topological polar surface area (TPSA) is 108 Å². The summed E-state index contributed by atoms with van der Waals surface area (Å²) in [6, 6.07) is 2.66. The maximum atomic E-state index is 12.6. The van der Waals surface area contributed by atoms with Crippen molar-refractivity contribution in [3.8, 4) is 11.5 Å². The highest BCUT2D eigenvalue weighted by atomic mass is 32.2. The first kappa shape index (κ1) is 32.5. The van der Waals surface area contributed by atoms with Crippen LogP contribution in [0.1, 0.15) is 72.8 Å². The van der Waals surface area contributed by atoms with Crippen LogP contribution in [0.15, 0.2) is 12.1 Å². The monoisotopic (exact) mass is 514 g/mol. The molecule has 9 nitrogen and oxygen atoms in total. The van der Waals surface area contributed by atoms with Crippen molar-refractivity contribution in [1.82, 2.24) is 4.90 Å². The summed E-state index contributed by atoms with van der Waals surface area (Å²) in [6.07, 6.45) is 3.16. The average molecular weight is 515 g/mol. The van der Waals surface area contributed by atoms with Crippen LogP contribution in [0.5, 0.6) is 11.5 Å². The number of thioether (sulfide) groups is 1. The van der Waals surface area contributed by atoms with Crippen molar-refractivity contribution in [3.63, 3.8) is 0 Å². The Labute approximate surface area is 214 Å². The Morgan fingerprint density at radius 1 is 1.11 bits per heavy atom. The zero-order valence-corrected chi connectivity index (χ0v) is 23.3. The number of carbonyl (C=O) groups excluding carboxylic acids is 2. The number of nitro benzene ring substituents is 1. The molecule has 0 radical (unpaired) electrons. The molecule has 0 saturated carbocycles. The molecule has 2 rings (SSSR count). The third-order valence-electron chi connectivity index (χ3n) is 5.34. The lowest BCUT2D eigenvalue weighted by Gasteiger charge is -2.22. The Hall–Kier alpha value is -2.49.